The largest absolute Gasteiger partial charge is 0.481 e. The predicted octanol–water partition coefficient (Wildman–Crippen LogP) is 3.12. The zero-order valence-corrected chi connectivity index (χ0v) is 14.1. The second kappa shape index (κ2) is 7.42. The number of hydrogen-bond acceptors (Lipinski definition) is 3. The molecular weight excluding hydrogens is 320 g/mol. The summed E-state index contributed by atoms with van der Waals surface area (Å²) < 4.78 is 5.49. The third-order valence-electron chi connectivity index (χ3n) is 4.52. The molecule has 2 heterocycles. The summed E-state index contributed by atoms with van der Waals surface area (Å²) in [5.41, 5.74) is 0.908. The van der Waals surface area contributed by atoms with Gasteiger partial charge < -0.3 is 19.7 Å². The van der Waals surface area contributed by atoms with E-state index < -0.39 is 17.9 Å². The van der Waals surface area contributed by atoms with Crippen LogP contribution in [-0.2, 0) is 4.79 Å². The molecule has 0 saturated carbocycles. The van der Waals surface area contributed by atoms with E-state index in [4.69, 9.17) is 4.42 Å². The number of amides is 2. The highest BCUT2D eigenvalue weighted by Gasteiger charge is 2.33. The van der Waals surface area contributed by atoms with E-state index in [1.807, 2.05) is 43.3 Å². The number of nitrogens with zero attached hydrogens (tertiary/aromatic N) is 1. The molecule has 0 radical (unpaired) electrons. The molecule has 3 unspecified atom stereocenters. The molecule has 6 nitrogen and oxygen atoms in total. The number of piperidine rings is 1. The smallest absolute Gasteiger partial charge is 0.318 e. The first-order valence-electron chi connectivity index (χ1n) is 8.41. The van der Waals surface area contributed by atoms with Gasteiger partial charge in [0.2, 0.25) is 0 Å². The van der Waals surface area contributed by atoms with E-state index in [1.165, 1.54) is 0 Å². The van der Waals surface area contributed by atoms with Crippen molar-refractivity contribution in [1.82, 2.24) is 10.2 Å². The zero-order chi connectivity index (χ0) is 17.8. The lowest BCUT2D eigenvalue weighted by Crippen LogP contribution is -2.50. The van der Waals surface area contributed by atoms with Gasteiger partial charge in [0.15, 0.2) is 0 Å². The number of carbonyl (C=O) groups excluding carboxylic acids is 1. The Morgan fingerprint density at radius 2 is 1.96 bits per heavy atom. The molecule has 2 amide bonds. The third-order valence-corrected chi connectivity index (χ3v) is 4.52. The monoisotopic (exact) mass is 342 g/mol. The van der Waals surface area contributed by atoms with Crippen molar-refractivity contribution in [1.29, 1.82) is 0 Å². The molecule has 1 aromatic heterocycles. The number of nitrogens with one attached hydrogen (secondary N) is 1. The molecule has 1 aromatic carbocycles. The topological polar surface area (TPSA) is 82.8 Å². The summed E-state index contributed by atoms with van der Waals surface area (Å²) in [5.74, 6) is -0.581. The molecule has 1 fully saturated rings. The molecule has 2 aromatic rings. The summed E-state index contributed by atoms with van der Waals surface area (Å²) >= 11 is 0. The molecule has 3 rings (SSSR count). The quantitative estimate of drug-likeness (QED) is 0.894. The van der Waals surface area contributed by atoms with Crippen LogP contribution in [0.15, 0.2) is 53.1 Å². The molecule has 1 aliphatic heterocycles. The van der Waals surface area contributed by atoms with Crippen LogP contribution in [0.2, 0.25) is 0 Å². The van der Waals surface area contributed by atoms with Crippen molar-refractivity contribution in [3.05, 3.63) is 60.1 Å². The maximum absolute atomic E-state index is 12.8. The molecule has 6 heteroatoms. The lowest BCUT2D eigenvalue weighted by atomic mass is 9.91. The second-order valence-electron chi connectivity index (χ2n) is 6.59. The average Bonchev–Trinajstić information content (AvgIpc) is 3.14. The predicted molar refractivity (Wildman–Crippen MR) is 92.0 cm³/mol. The normalized spacial score (nSPS) is 21.6. The van der Waals surface area contributed by atoms with Gasteiger partial charge in [-0.25, -0.2) is 4.79 Å². The Morgan fingerprint density at radius 3 is 2.60 bits per heavy atom. The minimum atomic E-state index is -0.852. The highest BCUT2D eigenvalue weighted by molar-refractivity contribution is 5.77. The third kappa shape index (κ3) is 4.02. The number of benzene rings is 1. The maximum Gasteiger partial charge on any atom is 0.318 e. The molecule has 132 valence electrons. The molecule has 1 saturated heterocycles. The minimum absolute atomic E-state index is 0.152. The molecule has 2 N–H and O–H groups in total. The van der Waals surface area contributed by atoms with Gasteiger partial charge >= 0.3 is 12.0 Å². The van der Waals surface area contributed by atoms with Crippen LogP contribution in [0, 0.1) is 11.8 Å². The second-order valence-corrected chi connectivity index (χ2v) is 6.59. The van der Waals surface area contributed by atoms with Crippen LogP contribution < -0.4 is 5.32 Å². The molecule has 0 bridgehead atoms. The SMILES string of the molecule is CC1CC(C(=O)O)CN(C(=O)NC(c2ccccc2)c2ccco2)C1. The summed E-state index contributed by atoms with van der Waals surface area (Å²) in [5, 5.41) is 12.3. The van der Waals surface area contributed by atoms with Gasteiger partial charge in [0, 0.05) is 13.1 Å². The van der Waals surface area contributed by atoms with E-state index >= 15 is 0 Å². The first-order valence-corrected chi connectivity index (χ1v) is 8.41. The van der Waals surface area contributed by atoms with E-state index in [9.17, 15) is 14.7 Å². The van der Waals surface area contributed by atoms with Crippen molar-refractivity contribution in [2.75, 3.05) is 13.1 Å². The number of carbonyl (C=O) groups is 2. The Balaban J connectivity index is 1.77. The number of hydrogen-bond donors (Lipinski definition) is 2. The summed E-state index contributed by atoms with van der Waals surface area (Å²) in [6.45, 7) is 2.75. The average molecular weight is 342 g/mol. The number of carboxylic acid groups (broad SMARTS) is 1. The number of carboxylic acids is 1. The van der Waals surface area contributed by atoms with Crippen LogP contribution in [0.5, 0.6) is 0 Å². The minimum Gasteiger partial charge on any atom is -0.481 e. The summed E-state index contributed by atoms with van der Waals surface area (Å²) in [6, 6.07) is 12.5. The maximum atomic E-state index is 12.8. The Labute approximate surface area is 146 Å². The highest BCUT2D eigenvalue weighted by Crippen LogP contribution is 2.25. The van der Waals surface area contributed by atoms with Crippen LogP contribution in [0.3, 0.4) is 0 Å². The number of furan rings is 1. The highest BCUT2D eigenvalue weighted by atomic mass is 16.4. The Morgan fingerprint density at radius 1 is 1.20 bits per heavy atom. The first-order chi connectivity index (χ1) is 12.0. The number of likely N-dealkylation sites (tertiary alicyclic amines) is 1. The lowest BCUT2D eigenvalue weighted by molar-refractivity contribution is -0.143. The van der Waals surface area contributed by atoms with Crippen LogP contribution in [0.25, 0.3) is 0 Å². The standard InChI is InChI=1S/C19H22N2O4/c1-13-10-15(18(22)23)12-21(11-13)19(24)20-17(16-8-5-9-25-16)14-6-3-2-4-7-14/h2-9,13,15,17H,10-12H2,1H3,(H,20,24)(H,22,23). The first kappa shape index (κ1) is 17.1. The fraction of sp³-hybridized carbons (Fsp3) is 0.368. The van der Waals surface area contributed by atoms with Crippen molar-refractivity contribution < 1.29 is 19.1 Å². The number of aliphatic carboxylic acids is 1. The van der Waals surface area contributed by atoms with Crippen molar-refractivity contribution in [2.24, 2.45) is 11.8 Å². The van der Waals surface area contributed by atoms with Gasteiger partial charge in [-0.2, -0.15) is 0 Å². The Kier molecular flexibility index (Phi) is 5.07. The van der Waals surface area contributed by atoms with Crippen molar-refractivity contribution in [2.45, 2.75) is 19.4 Å². The fourth-order valence-electron chi connectivity index (χ4n) is 3.33. The fourth-order valence-corrected chi connectivity index (χ4v) is 3.33. The van der Waals surface area contributed by atoms with E-state index in [-0.39, 0.29) is 18.5 Å². The van der Waals surface area contributed by atoms with Crippen LogP contribution in [-0.4, -0.2) is 35.1 Å². The summed E-state index contributed by atoms with van der Waals surface area (Å²) in [7, 11) is 0. The Hall–Kier alpha value is -2.76. The molecule has 1 aliphatic rings. The van der Waals surface area contributed by atoms with Crippen molar-refractivity contribution >= 4 is 12.0 Å². The van der Waals surface area contributed by atoms with E-state index in [0.29, 0.717) is 18.7 Å². The van der Waals surface area contributed by atoms with Gasteiger partial charge in [-0.1, -0.05) is 37.3 Å². The zero-order valence-electron chi connectivity index (χ0n) is 14.1. The van der Waals surface area contributed by atoms with Crippen molar-refractivity contribution in [3.8, 4) is 0 Å². The number of urea groups is 1. The van der Waals surface area contributed by atoms with E-state index in [1.54, 1.807) is 17.2 Å². The number of rotatable bonds is 4. The van der Waals surface area contributed by atoms with Crippen LogP contribution in [0.4, 0.5) is 4.79 Å². The lowest BCUT2D eigenvalue weighted by Gasteiger charge is -2.35. The van der Waals surface area contributed by atoms with Crippen LogP contribution >= 0.6 is 0 Å². The van der Waals surface area contributed by atoms with E-state index in [2.05, 4.69) is 5.32 Å². The molecular formula is C19H22N2O4. The van der Waals surface area contributed by atoms with Gasteiger partial charge in [-0.15, -0.1) is 0 Å². The van der Waals surface area contributed by atoms with Crippen LogP contribution in [0.1, 0.15) is 30.7 Å². The van der Waals surface area contributed by atoms with Gasteiger partial charge in [-0.05, 0) is 30.0 Å². The van der Waals surface area contributed by atoms with Crippen molar-refractivity contribution in [3.63, 3.8) is 0 Å². The Bertz CT molecular complexity index is 714. The summed E-state index contributed by atoms with van der Waals surface area (Å²) in [6.07, 6.45) is 2.17. The van der Waals surface area contributed by atoms with E-state index in [0.717, 1.165) is 5.56 Å². The van der Waals surface area contributed by atoms with Gasteiger partial charge in [0.05, 0.1) is 12.2 Å². The van der Waals surface area contributed by atoms with Gasteiger partial charge in [-0.3, -0.25) is 4.79 Å². The molecule has 25 heavy (non-hydrogen) atoms. The molecule has 3 atom stereocenters. The molecule has 0 spiro atoms. The van der Waals surface area contributed by atoms with Gasteiger partial charge in [0.25, 0.3) is 0 Å². The summed E-state index contributed by atoms with van der Waals surface area (Å²) in [4.78, 5) is 25.7. The molecule has 0 aliphatic carbocycles. The van der Waals surface area contributed by atoms with Gasteiger partial charge in [0.1, 0.15) is 11.8 Å².